The molecule has 1 aromatic rings. The van der Waals surface area contributed by atoms with E-state index in [1.165, 1.54) is 18.1 Å². The highest BCUT2D eigenvalue weighted by atomic mass is 19.4. The zero-order valence-electron chi connectivity index (χ0n) is 9.48. The number of rotatable bonds is 3. The summed E-state index contributed by atoms with van der Waals surface area (Å²) in [6, 6.07) is 5.01. The average molecular weight is 256 g/mol. The molecule has 1 saturated carbocycles. The van der Waals surface area contributed by atoms with Gasteiger partial charge in [-0.3, -0.25) is 0 Å². The zero-order chi connectivity index (χ0) is 13.4. The fourth-order valence-corrected chi connectivity index (χ4v) is 1.95. The summed E-state index contributed by atoms with van der Waals surface area (Å²) in [6.45, 7) is 0. The van der Waals surface area contributed by atoms with Crippen LogP contribution in [0.4, 0.5) is 13.2 Å². The first-order valence-corrected chi connectivity index (χ1v) is 5.57. The fourth-order valence-electron chi connectivity index (χ4n) is 1.95. The maximum Gasteiger partial charge on any atom is 0.480 e. The maximum atomic E-state index is 12.4. The second-order valence-electron chi connectivity index (χ2n) is 4.50. The Hall–Kier alpha value is -1.27. The molecule has 0 saturated heterocycles. The molecule has 0 aromatic heterocycles. The third-order valence-corrected chi connectivity index (χ3v) is 3.16. The summed E-state index contributed by atoms with van der Waals surface area (Å²) in [6.07, 6.45) is -1.06. The summed E-state index contributed by atoms with van der Waals surface area (Å²) in [5.74, 6) is 1.24. The molecule has 0 spiro atoms. The molecular weight excluding hydrogens is 244 g/mol. The lowest BCUT2D eigenvalue weighted by molar-refractivity contribution is -0.137. The minimum absolute atomic E-state index is 0.326. The summed E-state index contributed by atoms with van der Waals surface area (Å²) in [4.78, 5) is 0. The third-order valence-electron chi connectivity index (χ3n) is 3.16. The lowest BCUT2D eigenvalue weighted by Gasteiger charge is -2.12. The molecule has 1 aromatic carbocycles. The number of hydrogen-bond donors (Lipinski definition) is 2. The summed E-state index contributed by atoms with van der Waals surface area (Å²) in [5, 5.41) is 17.5. The van der Waals surface area contributed by atoms with Crippen molar-refractivity contribution in [3.05, 3.63) is 47.4 Å². The first-order valence-electron chi connectivity index (χ1n) is 5.57. The molecule has 0 aliphatic heterocycles. The Morgan fingerprint density at radius 1 is 1.11 bits per heavy atom. The molecule has 96 valence electrons. The van der Waals surface area contributed by atoms with Crippen LogP contribution in [-0.4, -0.2) is 17.2 Å². The highest BCUT2D eigenvalue weighted by Gasteiger charge is 2.42. The van der Waals surface area contributed by atoms with Gasteiger partial charge in [0.2, 0.25) is 0 Å². The Kier molecular flexibility index (Phi) is 3.25. The van der Waals surface area contributed by atoms with Gasteiger partial charge in [-0.05, 0) is 30.5 Å². The molecule has 0 bridgehead atoms. The fraction of sp³-hybridized carbons (Fsp3) is 0.333. The van der Waals surface area contributed by atoms with Crippen LogP contribution in [0.5, 0.6) is 0 Å². The van der Waals surface area contributed by atoms with Crippen molar-refractivity contribution in [2.45, 2.75) is 24.4 Å². The van der Waals surface area contributed by atoms with Crippen molar-refractivity contribution >= 4 is 7.12 Å². The molecule has 1 fully saturated rings. The number of alkyl halides is 3. The van der Waals surface area contributed by atoms with Crippen LogP contribution in [0, 0.1) is 0 Å². The minimum atomic E-state index is -4.33. The molecule has 2 nitrogen and oxygen atoms in total. The van der Waals surface area contributed by atoms with Crippen LogP contribution in [0.15, 0.2) is 36.3 Å². The molecule has 0 amide bonds. The van der Waals surface area contributed by atoms with Crippen molar-refractivity contribution in [1.82, 2.24) is 0 Å². The first-order chi connectivity index (χ1) is 8.33. The highest BCUT2D eigenvalue weighted by molar-refractivity contribution is 6.47. The number of halogens is 3. The molecule has 0 heterocycles. The summed E-state index contributed by atoms with van der Waals surface area (Å²) < 4.78 is 37.2. The van der Waals surface area contributed by atoms with E-state index in [-0.39, 0.29) is 5.41 Å². The largest absolute Gasteiger partial charge is 0.480 e. The summed E-state index contributed by atoms with van der Waals surface area (Å²) in [7, 11) is -1.53. The van der Waals surface area contributed by atoms with Crippen molar-refractivity contribution in [1.29, 1.82) is 0 Å². The van der Waals surface area contributed by atoms with E-state index in [4.69, 9.17) is 10.0 Å². The predicted octanol–water partition coefficient (Wildman–Crippen LogP) is 2.31. The first kappa shape index (κ1) is 13.2. The Bertz CT molecular complexity index is 447. The number of allylic oxidation sites excluding steroid dienone is 1. The molecule has 0 radical (unpaired) electrons. The maximum absolute atomic E-state index is 12.4. The lowest BCUT2D eigenvalue weighted by Crippen LogP contribution is -2.10. The number of benzene rings is 1. The molecule has 18 heavy (non-hydrogen) atoms. The zero-order valence-corrected chi connectivity index (χ0v) is 9.48. The van der Waals surface area contributed by atoms with Crippen LogP contribution in [0.2, 0.25) is 0 Å². The second-order valence-corrected chi connectivity index (χ2v) is 4.50. The van der Waals surface area contributed by atoms with Gasteiger partial charge >= 0.3 is 13.3 Å². The van der Waals surface area contributed by atoms with E-state index < -0.39 is 18.9 Å². The van der Waals surface area contributed by atoms with Crippen molar-refractivity contribution in [3.8, 4) is 0 Å². The van der Waals surface area contributed by atoms with E-state index in [9.17, 15) is 13.2 Å². The summed E-state index contributed by atoms with van der Waals surface area (Å²) >= 11 is 0. The molecule has 2 N–H and O–H groups in total. The monoisotopic (exact) mass is 256 g/mol. The van der Waals surface area contributed by atoms with Crippen molar-refractivity contribution in [2.24, 2.45) is 0 Å². The highest BCUT2D eigenvalue weighted by Crippen LogP contribution is 2.49. The SMILES string of the molecule is OB(O)C=CC1(c2ccc(C(F)(F)F)cc2)CC1. The van der Waals surface area contributed by atoms with Crippen LogP contribution < -0.4 is 0 Å². The Morgan fingerprint density at radius 3 is 2.06 bits per heavy atom. The molecule has 0 unspecified atom stereocenters. The average Bonchev–Trinajstić information content (AvgIpc) is 3.06. The molecule has 2 rings (SSSR count). The van der Waals surface area contributed by atoms with Crippen LogP contribution in [0.25, 0.3) is 0 Å². The van der Waals surface area contributed by atoms with Crippen LogP contribution in [0.1, 0.15) is 24.0 Å². The van der Waals surface area contributed by atoms with Gasteiger partial charge in [-0.25, -0.2) is 0 Å². The van der Waals surface area contributed by atoms with Crippen molar-refractivity contribution in [3.63, 3.8) is 0 Å². The van der Waals surface area contributed by atoms with Gasteiger partial charge < -0.3 is 10.0 Å². The van der Waals surface area contributed by atoms with Crippen LogP contribution >= 0.6 is 0 Å². The Balaban J connectivity index is 2.20. The van der Waals surface area contributed by atoms with Crippen molar-refractivity contribution < 1.29 is 23.2 Å². The van der Waals surface area contributed by atoms with Crippen molar-refractivity contribution in [2.75, 3.05) is 0 Å². The quantitative estimate of drug-likeness (QED) is 0.814. The van der Waals surface area contributed by atoms with Crippen LogP contribution in [-0.2, 0) is 11.6 Å². The normalized spacial score (nSPS) is 18.1. The molecule has 1 aliphatic carbocycles. The van der Waals surface area contributed by atoms with Gasteiger partial charge in [0.05, 0.1) is 5.56 Å². The van der Waals surface area contributed by atoms with Gasteiger partial charge in [-0.15, -0.1) is 0 Å². The van der Waals surface area contributed by atoms with E-state index in [1.54, 1.807) is 6.08 Å². The van der Waals surface area contributed by atoms with Gasteiger partial charge in [-0.2, -0.15) is 13.2 Å². The standard InChI is InChI=1S/C12H12BF3O2/c14-12(15,16)10-3-1-9(2-4-10)11(5-6-11)7-8-13(17)18/h1-4,7-8,17-18H,5-6H2. The topological polar surface area (TPSA) is 40.5 Å². The second kappa shape index (κ2) is 4.44. The Labute approximate surface area is 103 Å². The third kappa shape index (κ3) is 2.76. The van der Waals surface area contributed by atoms with E-state index >= 15 is 0 Å². The molecule has 6 heteroatoms. The molecule has 0 atom stereocenters. The predicted molar refractivity (Wildman–Crippen MR) is 61.7 cm³/mol. The number of hydrogen-bond acceptors (Lipinski definition) is 2. The van der Waals surface area contributed by atoms with E-state index in [2.05, 4.69) is 0 Å². The Morgan fingerprint density at radius 2 is 1.67 bits per heavy atom. The van der Waals surface area contributed by atoms with E-state index in [1.807, 2.05) is 0 Å². The van der Waals surface area contributed by atoms with E-state index in [0.717, 1.165) is 30.5 Å². The van der Waals surface area contributed by atoms with Gasteiger partial charge in [0, 0.05) is 5.41 Å². The van der Waals surface area contributed by atoms with Gasteiger partial charge in [0.1, 0.15) is 0 Å². The van der Waals surface area contributed by atoms with E-state index in [0.29, 0.717) is 0 Å². The lowest BCUT2D eigenvalue weighted by atomic mass is 9.86. The molecule has 1 aliphatic rings. The summed E-state index contributed by atoms with van der Waals surface area (Å²) in [5.41, 5.74) is -0.228. The smallest absolute Gasteiger partial charge is 0.424 e. The van der Waals surface area contributed by atoms with Crippen LogP contribution in [0.3, 0.4) is 0 Å². The van der Waals surface area contributed by atoms with Gasteiger partial charge in [-0.1, -0.05) is 24.2 Å². The molecular formula is C12H12BF3O2. The van der Waals surface area contributed by atoms with Gasteiger partial charge in [0.25, 0.3) is 0 Å². The minimum Gasteiger partial charge on any atom is -0.424 e. The van der Waals surface area contributed by atoms with Gasteiger partial charge in [0.15, 0.2) is 0 Å².